The van der Waals surface area contributed by atoms with Gasteiger partial charge in [0.15, 0.2) is 0 Å². The zero-order chi connectivity index (χ0) is 16.1. The van der Waals surface area contributed by atoms with Gasteiger partial charge in [-0.2, -0.15) is 5.10 Å². The van der Waals surface area contributed by atoms with Crippen LogP contribution in [0.5, 0.6) is 0 Å². The van der Waals surface area contributed by atoms with Gasteiger partial charge < -0.3 is 9.31 Å². The van der Waals surface area contributed by atoms with E-state index in [0.29, 0.717) is 0 Å². The fourth-order valence-corrected chi connectivity index (χ4v) is 2.05. The molecular weight excluding hydrogens is 277 g/mol. The Morgan fingerprint density at radius 3 is 2.24 bits per heavy atom. The van der Waals surface area contributed by atoms with Gasteiger partial charge in [-0.25, -0.2) is 8.78 Å². The molecular formula is C14H23BF2N2O2. The van der Waals surface area contributed by atoms with Gasteiger partial charge in [0.2, 0.25) is 6.43 Å². The summed E-state index contributed by atoms with van der Waals surface area (Å²) in [5.74, 6) is 0. The highest BCUT2D eigenvalue weighted by molar-refractivity contribution is 6.61. The number of nitrogens with zero attached hydrogens (tertiary/aromatic N) is 2. The molecule has 1 saturated heterocycles. The predicted octanol–water partition coefficient (Wildman–Crippen LogP) is 2.47. The van der Waals surface area contributed by atoms with Crippen molar-refractivity contribution in [3.63, 3.8) is 0 Å². The SMILES string of the molecule is CC(C)(Cn1cc(B2OC(C)(C)C(C)(C)O2)cn1)C(F)F. The summed E-state index contributed by atoms with van der Waals surface area (Å²) in [7, 11) is -0.515. The molecule has 1 aliphatic rings. The van der Waals surface area contributed by atoms with E-state index in [2.05, 4.69) is 5.10 Å². The van der Waals surface area contributed by atoms with Crippen molar-refractivity contribution in [1.29, 1.82) is 0 Å². The molecule has 21 heavy (non-hydrogen) atoms. The molecule has 0 radical (unpaired) electrons. The Bertz CT molecular complexity index is 499. The van der Waals surface area contributed by atoms with E-state index in [-0.39, 0.29) is 6.54 Å². The molecule has 1 aromatic rings. The molecule has 0 N–H and O–H groups in total. The molecule has 0 aromatic carbocycles. The van der Waals surface area contributed by atoms with Crippen molar-refractivity contribution in [3.05, 3.63) is 12.4 Å². The molecule has 0 spiro atoms. The first kappa shape index (κ1) is 16.4. The van der Waals surface area contributed by atoms with Gasteiger partial charge >= 0.3 is 7.12 Å². The third-order valence-electron chi connectivity index (χ3n) is 4.34. The van der Waals surface area contributed by atoms with Crippen LogP contribution in [-0.2, 0) is 15.9 Å². The average Bonchev–Trinajstić information content (AvgIpc) is 2.82. The summed E-state index contributed by atoms with van der Waals surface area (Å²) >= 11 is 0. The Labute approximate surface area is 124 Å². The zero-order valence-corrected chi connectivity index (χ0v) is 13.5. The van der Waals surface area contributed by atoms with Gasteiger partial charge in [-0.1, -0.05) is 13.8 Å². The number of aromatic nitrogens is 2. The minimum Gasteiger partial charge on any atom is -0.399 e. The van der Waals surface area contributed by atoms with Gasteiger partial charge in [0.1, 0.15) is 0 Å². The normalized spacial score (nSPS) is 21.3. The average molecular weight is 300 g/mol. The number of hydrogen-bond acceptors (Lipinski definition) is 3. The summed E-state index contributed by atoms with van der Waals surface area (Å²) in [5, 5.41) is 4.15. The van der Waals surface area contributed by atoms with Crippen LogP contribution in [0.15, 0.2) is 12.4 Å². The summed E-state index contributed by atoms with van der Waals surface area (Å²) in [5.41, 5.74) is -1.23. The van der Waals surface area contributed by atoms with Crippen LogP contribution in [0.1, 0.15) is 41.5 Å². The van der Waals surface area contributed by atoms with Gasteiger partial charge in [-0.3, -0.25) is 4.68 Å². The quantitative estimate of drug-likeness (QED) is 0.802. The summed E-state index contributed by atoms with van der Waals surface area (Å²) in [4.78, 5) is 0. The molecule has 0 saturated carbocycles. The molecule has 0 aliphatic carbocycles. The van der Waals surface area contributed by atoms with Gasteiger partial charge in [-0.05, 0) is 27.7 Å². The Morgan fingerprint density at radius 2 is 1.76 bits per heavy atom. The van der Waals surface area contributed by atoms with Gasteiger partial charge in [-0.15, -0.1) is 0 Å². The Kier molecular flexibility index (Phi) is 3.95. The van der Waals surface area contributed by atoms with E-state index in [9.17, 15) is 8.78 Å². The summed E-state index contributed by atoms with van der Waals surface area (Å²) in [6.07, 6.45) is 0.928. The van der Waals surface area contributed by atoms with Crippen molar-refractivity contribution >= 4 is 12.6 Å². The topological polar surface area (TPSA) is 36.3 Å². The highest BCUT2D eigenvalue weighted by atomic mass is 19.3. The van der Waals surface area contributed by atoms with Crippen LogP contribution in [0.25, 0.3) is 0 Å². The van der Waals surface area contributed by atoms with E-state index in [4.69, 9.17) is 9.31 Å². The van der Waals surface area contributed by atoms with Crippen LogP contribution in [0.4, 0.5) is 8.78 Å². The second kappa shape index (κ2) is 5.05. The molecule has 0 unspecified atom stereocenters. The van der Waals surface area contributed by atoms with E-state index < -0.39 is 30.2 Å². The first-order chi connectivity index (χ1) is 9.45. The maximum absolute atomic E-state index is 12.9. The lowest BCUT2D eigenvalue weighted by Crippen LogP contribution is -2.41. The molecule has 2 heterocycles. The monoisotopic (exact) mass is 300 g/mol. The molecule has 0 bridgehead atoms. The van der Waals surface area contributed by atoms with Crippen molar-refractivity contribution in [1.82, 2.24) is 9.78 Å². The fraction of sp³-hybridized carbons (Fsp3) is 0.786. The summed E-state index contributed by atoms with van der Waals surface area (Å²) < 4.78 is 39.2. The molecule has 0 atom stereocenters. The Balaban J connectivity index is 2.12. The third kappa shape index (κ3) is 3.13. The van der Waals surface area contributed by atoms with Crippen LogP contribution in [-0.4, -0.2) is 34.5 Å². The van der Waals surface area contributed by atoms with Crippen molar-refractivity contribution in [2.24, 2.45) is 5.41 Å². The molecule has 1 fully saturated rings. The van der Waals surface area contributed by atoms with E-state index in [0.717, 1.165) is 5.46 Å². The van der Waals surface area contributed by atoms with Gasteiger partial charge in [0.05, 0.1) is 17.7 Å². The van der Waals surface area contributed by atoms with Crippen LogP contribution in [0.2, 0.25) is 0 Å². The lowest BCUT2D eigenvalue weighted by molar-refractivity contribution is 0.00578. The first-order valence-electron chi connectivity index (χ1n) is 7.11. The van der Waals surface area contributed by atoms with Crippen LogP contribution in [0.3, 0.4) is 0 Å². The van der Waals surface area contributed by atoms with Crippen molar-refractivity contribution in [3.8, 4) is 0 Å². The fourth-order valence-electron chi connectivity index (χ4n) is 2.05. The molecule has 0 amide bonds. The maximum atomic E-state index is 12.9. The lowest BCUT2D eigenvalue weighted by atomic mass is 9.82. The number of halogens is 2. The standard InChI is InChI=1S/C14H23BF2N2O2/c1-12(2,11(16)17)9-19-8-10(7-18-19)15-20-13(3,4)14(5,6)21-15/h7-8,11H,9H2,1-6H3. The van der Waals surface area contributed by atoms with E-state index in [1.165, 1.54) is 18.5 Å². The van der Waals surface area contributed by atoms with Crippen molar-refractivity contribution < 1.29 is 18.1 Å². The Morgan fingerprint density at radius 1 is 1.24 bits per heavy atom. The smallest absolute Gasteiger partial charge is 0.399 e. The molecule has 4 nitrogen and oxygen atoms in total. The van der Waals surface area contributed by atoms with Crippen molar-refractivity contribution in [2.75, 3.05) is 0 Å². The second-order valence-electron chi connectivity index (χ2n) is 7.35. The molecule has 2 rings (SSSR count). The number of rotatable bonds is 4. The highest BCUT2D eigenvalue weighted by Crippen LogP contribution is 2.36. The van der Waals surface area contributed by atoms with E-state index in [1.54, 1.807) is 12.4 Å². The molecule has 1 aromatic heterocycles. The summed E-state index contributed by atoms with van der Waals surface area (Å²) in [6, 6.07) is 0. The minimum absolute atomic E-state index is 0.143. The van der Waals surface area contributed by atoms with Crippen LogP contribution in [0, 0.1) is 5.41 Å². The summed E-state index contributed by atoms with van der Waals surface area (Å²) in [6.45, 7) is 11.1. The van der Waals surface area contributed by atoms with Crippen LogP contribution < -0.4 is 5.46 Å². The van der Waals surface area contributed by atoms with Crippen LogP contribution >= 0.6 is 0 Å². The van der Waals surface area contributed by atoms with Gasteiger partial charge in [0.25, 0.3) is 0 Å². The zero-order valence-electron chi connectivity index (χ0n) is 13.5. The third-order valence-corrected chi connectivity index (χ3v) is 4.34. The largest absolute Gasteiger partial charge is 0.498 e. The molecule has 118 valence electrons. The maximum Gasteiger partial charge on any atom is 0.498 e. The molecule has 7 heteroatoms. The lowest BCUT2D eigenvalue weighted by Gasteiger charge is -2.32. The number of alkyl halides is 2. The van der Waals surface area contributed by atoms with E-state index in [1.807, 2.05) is 27.7 Å². The van der Waals surface area contributed by atoms with Crippen molar-refractivity contribution in [2.45, 2.75) is 65.7 Å². The minimum atomic E-state index is -2.40. The number of hydrogen-bond donors (Lipinski definition) is 0. The second-order valence-corrected chi connectivity index (χ2v) is 7.35. The van der Waals surface area contributed by atoms with E-state index >= 15 is 0 Å². The van der Waals surface area contributed by atoms with Gasteiger partial charge in [0, 0.05) is 23.3 Å². The highest BCUT2D eigenvalue weighted by Gasteiger charge is 2.52. The predicted molar refractivity (Wildman–Crippen MR) is 77.7 cm³/mol. The molecule has 1 aliphatic heterocycles. The Hall–Kier alpha value is -0.945. The first-order valence-corrected chi connectivity index (χ1v) is 7.11.